The van der Waals surface area contributed by atoms with Crippen molar-refractivity contribution in [2.45, 2.75) is 12.5 Å². The number of hydrogen-bond donors (Lipinski definition) is 3. The lowest BCUT2D eigenvalue weighted by atomic mass is 9.89. The van der Waals surface area contributed by atoms with Crippen LogP contribution in [0.5, 0.6) is 17.2 Å². The van der Waals surface area contributed by atoms with Gasteiger partial charge in [-0.2, -0.15) is 0 Å². The predicted molar refractivity (Wildman–Crippen MR) is 91.4 cm³/mol. The summed E-state index contributed by atoms with van der Waals surface area (Å²) in [6.07, 6.45) is 5.17. The third kappa shape index (κ3) is 4.68. The van der Waals surface area contributed by atoms with E-state index in [2.05, 4.69) is 0 Å². The van der Waals surface area contributed by atoms with Crippen molar-refractivity contribution in [3.8, 4) is 17.2 Å². The molecule has 4 N–H and O–H groups in total. The van der Waals surface area contributed by atoms with Crippen LogP contribution in [0, 0.1) is 5.92 Å². The molecule has 1 aromatic carbocycles. The van der Waals surface area contributed by atoms with Gasteiger partial charge in [-0.15, -0.1) is 0 Å². The van der Waals surface area contributed by atoms with Gasteiger partial charge in [-0.1, -0.05) is 12.2 Å². The molecule has 7 nitrogen and oxygen atoms in total. The monoisotopic (exact) mass is 347 g/mol. The number of carbonyl (C=O) groups excluding carboxylic acids is 2. The van der Waals surface area contributed by atoms with Crippen LogP contribution in [-0.2, 0) is 14.3 Å². The summed E-state index contributed by atoms with van der Waals surface area (Å²) < 4.78 is 10.2. The standard InChI is InChI=1S/C18H21NO6/c1-24-18-5-2-11(8-17(18)23)14(20)4-3-13-15(21)9-12(10-16(13)22)25-7-6-19/h2-5,9-11,18,21-22H,6-8,19H2,1H3. The minimum atomic E-state index is -0.609. The van der Waals surface area contributed by atoms with Gasteiger partial charge in [-0.05, 0) is 12.2 Å². The molecule has 2 atom stereocenters. The molecule has 0 heterocycles. The second kappa shape index (κ2) is 8.46. The molecule has 1 aliphatic rings. The fourth-order valence-electron chi connectivity index (χ4n) is 2.47. The van der Waals surface area contributed by atoms with Crippen molar-refractivity contribution in [3.05, 3.63) is 35.9 Å². The van der Waals surface area contributed by atoms with Crippen molar-refractivity contribution in [1.29, 1.82) is 0 Å². The number of rotatable bonds is 7. The molecular weight excluding hydrogens is 326 g/mol. The van der Waals surface area contributed by atoms with Gasteiger partial charge in [0.15, 0.2) is 11.6 Å². The Bertz CT molecular complexity index is 687. The van der Waals surface area contributed by atoms with Gasteiger partial charge in [0.1, 0.15) is 30.0 Å². The van der Waals surface area contributed by atoms with Crippen molar-refractivity contribution in [3.63, 3.8) is 0 Å². The summed E-state index contributed by atoms with van der Waals surface area (Å²) in [6, 6.07) is 2.65. The topological polar surface area (TPSA) is 119 Å². The molecule has 134 valence electrons. The number of methoxy groups -OCH3 is 1. The van der Waals surface area contributed by atoms with Gasteiger partial charge in [-0.3, -0.25) is 9.59 Å². The van der Waals surface area contributed by atoms with E-state index < -0.39 is 12.0 Å². The molecule has 0 saturated carbocycles. The molecule has 0 bridgehead atoms. The molecule has 0 fully saturated rings. The van der Waals surface area contributed by atoms with Crippen LogP contribution < -0.4 is 10.5 Å². The maximum Gasteiger partial charge on any atom is 0.166 e. The molecule has 25 heavy (non-hydrogen) atoms. The van der Waals surface area contributed by atoms with Crippen LogP contribution in [0.4, 0.5) is 0 Å². The second-order valence-electron chi connectivity index (χ2n) is 5.57. The zero-order chi connectivity index (χ0) is 18.4. The zero-order valence-electron chi connectivity index (χ0n) is 13.8. The molecule has 0 saturated heterocycles. The van der Waals surface area contributed by atoms with E-state index in [9.17, 15) is 19.8 Å². The normalized spacial score (nSPS) is 20.2. The lowest BCUT2D eigenvalue weighted by Crippen LogP contribution is -2.29. The van der Waals surface area contributed by atoms with Crippen LogP contribution in [0.25, 0.3) is 6.08 Å². The van der Waals surface area contributed by atoms with E-state index in [4.69, 9.17) is 15.2 Å². The zero-order valence-corrected chi connectivity index (χ0v) is 13.8. The first-order valence-electron chi connectivity index (χ1n) is 7.80. The number of ether oxygens (including phenoxy) is 2. The third-order valence-corrected chi connectivity index (χ3v) is 3.79. The number of carbonyl (C=O) groups is 2. The quantitative estimate of drug-likeness (QED) is 0.500. The molecule has 0 aromatic heterocycles. The Balaban J connectivity index is 2.11. The van der Waals surface area contributed by atoms with Gasteiger partial charge in [-0.25, -0.2) is 0 Å². The van der Waals surface area contributed by atoms with Crippen molar-refractivity contribution in [2.24, 2.45) is 11.7 Å². The Labute approximate surface area is 145 Å². The lowest BCUT2D eigenvalue weighted by Gasteiger charge is -2.18. The second-order valence-corrected chi connectivity index (χ2v) is 5.57. The summed E-state index contributed by atoms with van der Waals surface area (Å²) >= 11 is 0. The third-order valence-electron chi connectivity index (χ3n) is 3.79. The summed E-state index contributed by atoms with van der Waals surface area (Å²) in [7, 11) is 1.43. The highest BCUT2D eigenvalue weighted by Crippen LogP contribution is 2.33. The minimum absolute atomic E-state index is 0.0576. The summed E-state index contributed by atoms with van der Waals surface area (Å²) in [5.74, 6) is -1.23. The molecule has 0 amide bonds. The highest BCUT2D eigenvalue weighted by atomic mass is 16.5. The average molecular weight is 347 g/mol. The van der Waals surface area contributed by atoms with Gasteiger partial charge >= 0.3 is 0 Å². The number of hydrogen-bond acceptors (Lipinski definition) is 7. The van der Waals surface area contributed by atoms with Crippen molar-refractivity contribution < 1.29 is 29.3 Å². The van der Waals surface area contributed by atoms with E-state index in [0.29, 0.717) is 6.54 Å². The summed E-state index contributed by atoms with van der Waals surface area (Å²) in [6.45, 7) is 0.548. The van der Waals surface area contributed by atoms with Gasteiger partial charge in [0.05, 0.1) is 5.56 Å². The fourth-order valence-corrected chi connectivity index (χ4v) is 2.47. The Morgan fingerprint density at radius 3 is 2.56 bits per heavy atom. The molecular formula is C18H21NO6. The summed E-state index contributed by atoms with van der Waals surface area (Å²) in [5.41, 5.74) is 5.42. The van der Waals surface area contributed by atoms with Crippen LogP contribution in [-0.4, -0.2) is 48.1 Å². The number of Topliss-reactive ketones (excluding diaryl/α,β-unsaturated/α-hetero) is 1. The molecule has 1 aromatic rings. The summed E-state index contributed by atoms with van der Waals surface area (Å²) in [5, 5.41) is 20.0. The van der Waals surface area contributed by atoms with Gasteiger partial charge in [0, 0.05) is 38.1 Å². The van der Waals surface area contributed by atoms with E-state index in [1.165, 1.54) is 31.4 Å². The Morgan fingerprint density at radius 1 is 1.32 bits per heavy atom. The Kier molecular flexibility index (Phi) is 6.32. The fraction of sp³-hybridized carbons (Fsp3) is 0.333. The molecule has 2 rings (SSSR count). The Morgan fingerprint density at radius 2 is 2.00 bits per heavy atom. The van der Waals surface area contributed by atoms with Crippen LogP contribution in [0.3, 0.4) is 0 Å². The number of phenolic OH excluding ortho intramolecular Hbond substituents is 2. The van der Waals surface area contributed by atoms with E-state index in [-0.39, 0.29) is 47.4 Å². The highest BCUT2D eigenvalue weighted by Gasteiger charge is 2.26. The molecule has 2 unspecified atom stereocenters. The van der Waals surface area contributed by atoms with Crippen molar-refractivity contribution in [2.75, 3.05) is 20.3 Å². The van der Waals surface area contributed by atoms with E-state index in [0.717, 1.165) is 0 Å². The van der Waals surface area contributed by atoms with E-state index in [1.807, 2.05) is 0 Å². The molecule has 0 aliphatic heterocycles. The first-order chi connectivity index (χ1) is 12.0. The van der Waals surface area contributed by atoms with Crippen molar-refractivity contribution in [1.82, 2.24) is 0 Å². The highest BCUT2D eigenvalue weighted by molar-refractivity contribution is 6.01. The first kappa shape index (κ1) is 18.7. The maximum absolute atomic E-state index is 12.2. The Hall–Kier alpha value is -2.64. The van der Waals surface area contributed by atoms with Crippen molar-refractivity contribution >= 4 is 17.6 Å². The van der Waals surface area contributed by atoms with Crippen LogP contribution in [0.15, 0.2) is 30.4 Å². The first-order valence-corrected chi connectivity index (χ1v) is 7.80. The maximum atomic E-state index is 12.2. The average Bonchev–Trinajstić information content (AvgIpc) is 2.58. The largest absolute Gasteiger partial charge is 0.507 e. The number of aromatic hydroxyl groups is 2. The molecule has 0 radical (unpaired) electrons. The number of phenols is 2. The van der Waals surface area contributed by atoms with Gasteiger partial charge in [0.2, 0.25) is 0 Å². The lowest BCUT2D eigenvalue weighted by molar-refractivity contribution is -0.130. The number of nitrogens with two attached hydrogens (primary N) is 1. The number of benzene rings is 1. The van der Waals surface area contributed by atoms with Crippen LogP contribution in [0.1, 0.15) is 12.0 Å². The predicted octanol–water partition coefficient (Wildman–Crippen LogP) is 1.18. The minimum Gasteiger partial charge on any atom is -0.507 e. The number of ketones is 2. The van der Waals surface area contributed by atoms with E-state index >= 15 is 0 Å². The molecule has 1 aliphatic carbocycles. The van der Waals surface area contributed by atoms with Gasteiger partial charge in [0.25, 0.3) is 0 Å². The van der Waals surface area contributed by atoms with Crippen LogP contribution in [0.2, 0.25) is 0 Å². The number of allylic oxidation sites excluding steroid dienone is 2. The summed E-state index contributed by atoms with van der Waals surface area (Å²) in [4.78, 5) is 24.0. The smallest absolute Gasteiger partial charge is 0.166 e. The van der Waals surface area contributed by atoms with E-state index in [1.54, 1.807) is 12.2 Å². The van der Waals surface area contributed by atoms with Crippen LogP contribution >= 0.6 is 0 Å². The molecule has 7 heteroatoms. The van der Waals surface area contributed by atoms with Gasteiger partial charge < -0.3 is 25.4 Å². The molecule has 0 spiro atoms. The SMILES string of the molecule is COC1C=CC(C(=O)C=Cc2c(O)cc(OCCN)cc2O)CC1=O.